The van der Waals surface area contributed by atoms with E-state index >= 15 is 0 Å². The lowest BCUT2D eigenvalue weighted by molar-refractivity contribution is 0.784. The van der Waals surface area contributed by atoms with Gasteiger partial charge in [-0.2, -0.15) is 0 Å². The Bertz CT molecular complexity index is 1740. The third kappa shape index (κ3) is 2.27. The van der Waals surface area contributed by atoms with Crippen LogP contribution in [0.15, 0.2) is 103 Å². The van der Waals surface area contributed by atoms with Crippen molar-refractivity contribution >= 4 is 21.8 Å². The van der Waals surface area contributed by atoms with Crippen LogP contribution in [0.4, 0.5) is 0 Å². The number of aromatic nitrogens is 1. The molecule has 0 spiro atoms. The van der Waals surface area contributed by atoms with Crippen LogP contribution in [-0.2, 0) is 6.42 Å². The molecule has 1 unspecified atom stereocenters. The maximum Gasteiger partial charge on any atom is 0.0477 e. The van der Waals surface area contributed by atoms with Gasteiger partial charge in [-0.25, -0.2) is 0 Å². The zero-order valence-electron chi connectivity index (χ0n) is 18.1. The van der Waals surface area contributed by atoms with E-state index in [1.54, 1.807) is 0 Å². The number of nitrogens with one attached hydrogen (secondary N) is 1. The van der Waals surface area contributed by atoms with E-state index in [2.05, 4.69) is 108 Å². The standard InChI is InChI=1S/C32H21N/c1-2-8-19(9-3-1)20-14-15-29-28(16-20)32-30(33-29)18-26-22-11-5-4-10-21(22)25-17-27(26)31(32)24-13-7-6-12-23(24)25/h1-16,18,25,33H,17H2. The van der Waals surface area contributed by atoms with Gasteiger partial charge in [-0.3, -0.25) is 0 Å². The highest BCUT2D eigenvalue weighted by molar-refractivity contribution is 6.18. The summed E-state index contributed by atoms with van der Waals surface area (Å²) in [6, 6.07) is 38.0. The summed E-state index contributed by atoms with van der Waals surface area (Å²) in [4.78, 5) is 3.76. The van der Waals surface area contributed by atoms with E-state index in [-0.39, 0.29) is 0 Å². The van der Waals surface area contributed by atoms with Crippen LogP contribution in [0.25, 0.3) is 55.2 Å². The second-order valence-corrected chi connectivity index (χ2v) is 9.38. The Balaban J connectivity index is 1.54. The summed E-state index contributed by atoms with van der Waals surface area (Å²) in [6.07, 6.45) is 1.08. The lowest BCUT2D eigenvalue weighted by atomic mass is 9.67. The zero-order valence-corrected chi connectivity index (χ0v) is 18.1. The molecular weight excluding hydrogens is 398 g/mol. The fraction of sp³-hybridized carbons (Fsp3) is 0.0625. The minimum absolute atomic E-state index is 0.444. The Morgan fingerprint density at radius 3 is 2.15 bits per heavy atom. The van der Waals surface area contributed by atoms with Crippen molar-refractivity contribution in [3.05, 3.63) is 120 Å². The SMILES string of the molecule is c1ccc(-c2ccc3[nH]c4cc5c6c(c4c3c2)-c2ccccc2C(C6)c2ccccc2-5)cc1. The molecular formula is C32H21N. The molecule has 33 heavy (non-hydrogen) atoms. The monoisotopic (exact) mass is 419 g/mol. The van der Waals surface area contributed by atoms with E-state index in [0.717, 1.165) is 6.42 Å². The lowest BCUT2D eigenvalue weighted by Gasteiger charge is -2.36. The number of aromatic amines is 1. The molecule has 2 aliphatic carbocycles. The Morgan fingerprint density at radius 2 is 1.30 bits per heavy atom. The number of fused-ring (bicyclic) bond motifs is 11. The van der Waals surface area contributed by atoms with Crippen molar-refractivity contribution in [1.29, 1.82) is 0 Å². The minimum Gasteiger partial charge on any atom is -0.354 e. The molecule has 2 bridgehead atoms. The summed E-state index contributed by atoms with van der Waals surface area (Å²) >= 11 is 0. The molecule has 154 valence electrons. The molecule has 1 aromatic heterocycles. The molecule has 0 radical (unpaired) electrons. The van der Waals surface area contributed by atoms with Gasteiger partial charge in [0.25, 0.3) is 0 Å². The first-order valence-electron chi connectivity index (χ1n) is 11.7. The van der Waals surface area contributed by atoms with Crippen molar-refractivity contribution in [3.63, 3.8) is 0 Å². The van der Waals surface area contributed by atoms with E-state index < -0.39 is 0 Å². The average molecular weight is 420 g/mol. The molecule has 0 amide bonds. The van der Waals surface area contributed by atoms with Gasteiger partial charge < -0.3 is 4.98 Å². The van der Waals surface area contributed by atoms with E-state index in [0.29, 0.717) is 5.92 Å². The lowest BCUT2D eigenvalue weighted by Crippen LogP contribution is -2.18. The van der Waals surface area contributed by atoms with Gasteiger partial charge in [0.1, 0.15) is 0 Å². The van der Waals surface area contributed by atoms with Crippen molar-refractivity contribution in [3.8, 4) is 33.4 Å². The predicted molar refractivity (Wildman–Crippen MR) is 138 cm³/mol. The fourth-order valence-electron chi connectivity index (χ4n) is 6.33. The van der Waals surface area contributed by atoms with Gasteiger partial charge >= 0.3 is 0 Å². The maximum atomic E-state index is 3.76. The van der Waals surface area contributed by atoms with Crippen LogP contribution < -0.4 is 0 Å². The molecule has 8 rings (SSSR count). The summed E-state index contributed by atoms with van der Waals surface area (Å²) in [5.74, 6) is 0.444. The van der Waals surface area contributed by atoms with E-state index in [4.69, 9.17) is 0 Å². The van der Waals surface area contributed by atoms with Crippen molar-refractivity contribution < 1.29 is 0 Å². The molecule has 1 heterocycles. The number of H-pyrrole nitrogens is 1. The predicted octanol–water partition coefficient (Wildman–Crippen LogP) is 8.32. The molecule has 1 atom stereocenters. The normalized spacial score (nSPS) is 15.5. The van der Waals surface area contributed by atoms with Crippen molar-refractivity contribution in [2.45, 2.75) is 12.3 Å². The largest absolute Gasteiger partial charge is 0.354 e. The highest BCUT2D eigenvalue weighted by atomic mass is 14.7. The zero-order chi connectivity index (χ0) is 21.5. The Hall–Kier alpha value is -4.10. The summed E-state index contributed by atoms with van der Waals surface area (Å²) in [5.41, 5.74) is 15.0. The first kappa shape index (κ1) is 17.5. The van der Waals surface area contributed by atoms with Gasteiger partial charge in [0, 0.05) is 27.7 Å². The van der Waals surface area contributed by atoms with E-state index in [1.165, 1.54) is 71.9 Å². The van der Waals surface area contributed by atoms with Gasteiger partial charge in [0.05, 0.1) is 0 Å². The molecule has 0 aliphatic heterocycles. The topological polar surface area (TPSA) is 15.8 Å². The highest BCUT2D eigenvalue weighted by Gasteiger charge is 2.35. The van der Waals surface area contributed by atoms with Gasteiger partial charge in [0.15, 0.2) is 0 Å². The second-order valence-electron chi connectivity index (χ2n) is 9.38. The quantitative estimate of drug-likeness (QED) is 0.276. The van der Waals surface area contributed by atoms with Crippen LogP contribution in [-0.4, -0.2) is 4.98 Å². The third-order valence-corrected chi connectivity index (χ3v) is 7.74. The molecule has 1 N–H and O–H groups in total. The number of hydrogen-bond acceptors (Lipinski definition) is 0. The molecule has 0 fully saturated rings. The Labute approximate surface area is 192 Å². The van der Waals surface area contributed by atoms with Crippen molar-refractivity contribution in [1.82, 2.24) is 4.98 Å². The highest BCUT2D eigenvalue weighted by Crippen LogP contribution is 2.55. The maximum absolute atomic E-state index is 3.76. The van der Waals surface area contributed by atoms with Gasteiger partial charge in [-0.05, 0) is 74.7 Å². The summed E-state index contributed by atoms with van der Waals surface area (Å²) in [5, 5.41) is 2.68. The Morgan fingerprint density at radius 1 is 0.576 bits per heavy atom. The van der Waals surface area contributed by atoms with Gasteiger partial charge in [-0.1, -0.05) is 84.9 Å². The summed E-state index contributed by atoms with van der Waals surface area (Å²) in [6.45, 7) is 0. The molecule has 6 aromatic rings. The number of rotatable bonds is 1. The fourth-order valence-corrected chi connectivity index (χ4v) is 6.33. The molecule has 0 saturated carbocycles. The molecule has 1 nitrogen and oxygen atoms in total. The van der Waals surface area contributed by atoms with Crippen molar-refractivity contribution in [2.75, 3.05) is 0 Å². The average Bonchev–Trinajstić information content (AvgIpc) is 3.26. The minimum atomic E-state index is 0.444. The van der Waals surface area contributed by atoms with Crippen molar-refractivity contribution in [2.24, 2.45) is 0 Å². The van der Waals surface area contributed by atoms with E-state index in [9.17, 15) is 0 Å². The van der Waals surface area contributed by atoms with Gasteiger partial charge in [-0.15, -0.1) is 0 Å². The van der Waals surface area contributed by atoms with Crippen LogP contribution in [0.5, 0.6) is 0 Å². The van der Waals surface area contributed by atoms with Crippen LogP contribution in [0.2, 0.25) is 0 Å². The smallest absolute Gasteiger partial charge is 0.0477 e. The van der Waals surface area contributed by atoms with Crippen LogP contribution >= 0.6 is 0 Å². The summed E-state index contributed by atoms with van der Waals surface area (Å²) in [7, 11) is 0. The molecule has 1 heteroatoms. The molecule has 2 aliphatic rings. The first-order valence-corrected chi connectivity index (χ1v) is 11.7. The number of benzene rings is 5. The van der Waals surface area contributed by atoms with E-state index in [1.807, 2.05) is 0 Å². The van der Waals surface area contributed by atoms with Crippen LogP contribution in [0.3, 0.4) is 0 Å². The molecule has 5 aromatic carbocycles. The number of hydrogen-bond donors (Lipinski definition) is 1. The summed E-state index contributed by atoms with van der Waals surface area (Å²) < 4.78 is 0. The Kier molecular flexibility index (Phi) is 3.30. The van der Waals surface area contributed by atoms with Gasteiger partial charge in [0.2, 0.25) is 0 Å². The second kappa shape index (κ2) is 6.24. The van der Waals surface area contributed by atoms with Crippen LogP contribution in [0, 0.1) is 0 Å². The first-order chi connectivity index (χ1) is 16.4. The van der Waals surface area contributed by atoms with Crippen LogP contribution in [0.1, 0.15) is 22.6 Å². The molecule has 0 saturated heterocycles. The third-order valence-electron chi connectivity index (χ3n) is 7.74.